The van der Waals surface area contributed by atoms with Crippen LogP contribution in [0.5, 0.6) is 0 Å². The molecule has 0 fully saturated rings. The van der Waals surface area contributed by atoms with Crippen molar-refractivity contribution in [3.05, 3.63) is 51.9 Å². The fourth-order valence-corrected chi connectivity index (χ4v) is 2.74. The van der Waals surface area contributed by atoms with Gasteiger partial charge in [0, 0.05) is 16.8 Å². The Bertz CT molecular complexity index is 664. The molecule has 3 rings (SSSR count). The predicted octanol–water partition coefficient (Wildman–Crippen LogP) is 2.99. The Morgan fingerprint density at radius 2 is 2.21 bits per heavy atom. The van der Waals surface area contributed by atoms with Crippen LogP contribution in [0.1, 0.15) is 4.88 Å². The van der Waals surface area contributed by atoms with Gasteiger partial charge in [0.2, 0.25) is 0 Å². The Labute approximate surface area is 118 Å². The van der Waals surface area contributed by atoms with E-state index in [0.717, 1.165) is 22.9 Å². The third-order valence-electron chi connectivity index (χ3n) is 2.57. The summed E-state index contributed by atoms with van der Waals surface area (Å²) in [6, 6.07) is 9.83. The lowest BCUT2D eigenvalue weighted by atomic mass is 10.2. The highest BCUT2D eigenvalue weighted by Crippen LogP contribution is 2.23. The molecule has 0 aliphatic heterocycles. The Morgan fingerprint density at radius 1 is 1.32 bits per heavy atom. The van der Waals surface area contributed by atoms with E-state index in [4.69, 9.17) is 11.6 Å². The molecule has 0 radical (unpaired) electrons. The van der Waals surface area contributed by atoms with Crippen LogP contribution in [0.4, 0.5) is 5.69 Å². The molecule has 3 aromatic rings. The molecular weight excluding hydrogens is 282 g/mol. The van der Waals surface area contributed by atoms with E-state index in [1.165, 1.54) is 4.88 Å². The number of halogens is 1. The number of anilines is 1. The van der Waals surface area contributed by atoms with Crippen molar-refractivity contribution in [1.29, 1.82) is 0 Å². The van der Waals surface area contributed by atoms with Crippen LogP contribution in [0.15, 0.2) is 42.0 Å². The minimum absolute atomic E-state index is 0.719. The van der Waals surface area contributed by atoms with Gasteiger partial charge in [-0.2, -0.15) is 4.68 Å². The molecule has 96 valence electrons. The number of rotatable bonds is 4. The first-order valence-electron chi connectivity index (χ1n) is 5.62. The predicted molar refractivity (Wildman–Crippen MR) is 75.8 cm³/mol. The van der Waals surface area contributed by atoms with Gasteiger partial charge in [0.1, 0.15) is 6.33 Å². The van der Waals surface area contributed by atoms with E-state index < -0.39 is 0 Å². The van der Waals surface area contributed by atoms with E-state index in [1.54, 1.807) is 22.3 Å². The van der Waals surface area contributed by atoms with Gasteiger partial charge in [-0.1, -0.05) is 23.7 Å². The van der Waals surface area contributed by atoms with Crippen molar-refractivity contribution in [1.82, 2.24) is 20.2 Å². The summed E-state index contributed by atoms with van der Waals surface area (Å²) >= 11 is 7.54. The fraction of sp³-hybridized carbons (Fsp3) is 0.0833. The maximum atomic E-state index is 5.91. The lowest BCUT2D eigenvalue weighted by Gasteiger charge is -2.10. The molecule has 0 bridgehead atoms. The van der Waals surface area contributed by atoms with Crippen molar-refractivity contribution in [2.75, 3.05) is 5.32 Å². The van der Waals surface area contributed by atoms with Crippen molar-refractivity contribution in [2.24, 2.45) is 0 Å². The van der Waals surface area contributed by atoms with Gasteiger partial charge < -0.3 is 5.32 Å². The van der Waals surface area contributed by atoms with Crippen molar-refractivity contribution >= 4 is 28.6 Å². The summed E-state index contributed by atoms with van der Waals surface area (Å²) in [4.78, 5) is 1.18. The lowest BCUT2D eigenvalue weighted by molar-refractivity contribution is 0.789. The molecule has 1 aromatic carbocycles. The van der Waals surface area contributed by atoms with Gasteiger partial charge >= 0.3 is 0 Å². The van der Waals surface area contributed by atoms with E-state index in [2.05, 4.69) is 20.8 Å². The zero-order valence-electron chi connectivity index (χ0n) is 9.82. The summed E-state index contributed by atoms with van der Waals surface area (Å²) < 4.78 is 1.63. The molecule has 2 heterocycles. The van der Waals surface area contributed by atoms with Crippen LogP contribution in [0.2, 0.25) is 5.02 Å². The van der Waals surface area contributed by atoms with E-state index in [-0.39, 0.29) is 0 Å². The van der Waals surface area contributed by atoms with Crippen LogP contribution in [0.25, 0.3) is 5.69 Å². The second-order valence-corrected chi connectivity index (χ2v) is 5.29. The summed E-state index contributed by atoms with van der Waals surface area (Å²) in [7, 11) is 0. The molecule has 0 amide bonds. The van der Waals surface area contributed by atoms with Gasteiger partial charge in [-0.25, -0.2) is 0 Å². The zero-order chi connectivity index (χ0) is 13.1. The van der Waals surface area contributed by atoms with Gasteiger partial charge in [0.25, 0.3) is 0 Å². The van der Waals surface area contributed by atoms with Crippen LogP contribution in [0, 0.1) is 0 Å². The van der Waals surface area contributed by atoms with Gasteiger partial charge in [-0.3, -0.25) is 0 Å². The van der Waals surface area contributed by atoms with Gasteiger partial charge in [-0.05, 0) is 28.6 Å². The number of aromatic nitrogens is 4. The third kappa shape index (κ3) is 2.74. The maximum absolute atomic E-state index is 5.91. The van der Waals surface area contributed by atoms with Gasteiger partial charge in [0.05, 0.1) is 16.4 Å². The first-order valence-corrected chi connectivity index (χ1v) is 6.88. The van der Waals surface area contributed by atoms with Crippen LogP contribution in [-0.4, -0.2) is 20.2 Å². The second-order valence-electron chi connectivity index (χ2n) is 3.86. The monoisotopic (exact) mass is 291 g/mol. The highest BCUT2D eigenvalue weighted by molar-refractivity contribution is 7.10. The molecule has 5 nitrogen and oxygen atoms in total. The number of thiophene rings is 1. The number of hydrogen-bond acceptors (Lipinski definition) is 5. The Hall–Kier alpha value is -1.92. The van der Waals surface area contributed by atoms with Crippen molar-refractivity contribution < 1.29 is 0 Å². The molecule has 0 unspecified atom stereocenters. The average Bonchev–Trinajstić information content (AvgIpc) is 3.08. The third-order valence-corrected chi connectivity index (χ3v) is 3.86. The fourth-order valence-electron chi connectivity index (χ4n) is 1.72. The molecule has 0 saturated carbocycles. The largest absolute Gasteiger partial charge is 0.378 e. The Morgan fingerprint density at radius 3 is 2.95 bits per heavy atom. The van der Waals surface area contributed by atoms with Gasteiger partial charge in [0.15, 0.2) is 0 Å². The molecule has 0 spiro atoms. The minimum Gasteiger partial charge on any atom is -0.378 e. The van der Waals surface area contributed by atoms with E-state index in [1.807, 2.05) is 35.7 Å². The number of para-hydroxylation sites is 2. The molecule has 0 atom stereocenters. The smallest absolute Gasteiger partial charge is 0.143 e. The summed E-state index contributed by atoms with van der Waals surface area (Å²) in [5.74, 6) is 0. The molecule has 19 heavy (non-hydrogen) atoms. The lowest BCUT2D eigenvalue weighted by Crippen LogP contribution is -2.04. The Kier molecular flexibility index (Phi) is 3.43. The van der Waals surface area contributed by atoms with Crippen LogP contribution in [-0.2, 0) is 6.54 Å². The van der Waals surface area contributed by atoms with Gasteiger partial charge in [-0.15, -0.1) is 16.4 Å². The first-order chi connectivity index (χ1) is 9.33. The molecule has 1 N–H and O–H groups in total. The summed E-state index contributed by atoms with van der Waals surface area (Å²) in [5.41, 5.74) is 1.88. The van der Waals surface area contributed by atoms with E-state index in [9.17, 15) is 0 Å². The second kappa shape index (κ2) is 5.38. The zero-order valence-corrected chi connectivity index (χ0v) is 11.4. The standard InChI is InChI=1S/C12H10ClN5S/c13-9-5-10(19-7-9)6-14-11-3-1-2-4-12(11)18-8-15-16-17-18/h1-5,7-8,14H,6H2. The summed E-state index contributed by atoms with van der Waals surface area (Å²) in [6.45, 7) is 0.719. The first kappa shape index (κ1) is 12.1. The topological polar surface area (TPSA) is 55.6 Å². The SMILES string of the molecule is Clc1csc(CNc2ccccc2-n2cnnn2)c1. The number of hydrogen-bond donors (Lipinski definition) is 1. The average molecular weight is 292 g/mol. The highest BCUT2D eigenvalue weighted by atomic mass is 35.5. The number of nitrogens with zero attached hydrogens (tertiary/aromatic N) is 4. The van der Waals surface area contributed by atoms with E-state index >= 15 is 0 Å². The molecule has 2 aromatic heterocycles. The number of tetrazole rings is 1. The highest BCUT2D eigenvalue weighted by Gasteiger charge is 2.05. The number of benzene rings is 1. The van der Waals surface area contributed by atoms with Crippen LogP contribution in [0.3, 0.4) is 0 Å². The van der Waals surface area contributed by atoms with Crippen molar-refractivity contribution in [3.8, 4) is 5.69 Å². The van der Waals surface area contributed by atoms with Crippen LogP contribution < -0.4 is 5.32 Å². The van der Waals surface area contributed by atoms with Crippen LogP contribution >= 0.6 is 22.9 Å². The number of nitrogens with one attached hydrogen (secondary N) is 1. The summed E-state index contributed by atoms with van der Waals surface area (Å²) in [6.07, 6.45) is 1.57. The molecule has 7 heteroatoms. The molecule has 0 aliphatic rings. The minimum atomic E-state index is 0.719. The van der Waals surface area contributed by atoms with Crippen molar-refractivity contribution in [3.63, 3.8) is 0 Å². The normalized spacial score (nSPS) is 10.6. The quantitative estimate of drug-likeness (QED) is 0.803. The molecule has 0 saturated heterocycles. The Balaban J connectivity index is 1.81. The maximum Gasteiger partial charge on any atom is 0.143 e. The van der Waals surface area contributed by atoms with Crippen molar-refractivity contribution in [2.45, 2.75) is 6.54 Å². The summed E-state index contributed by atoms with van der Waals surface area (Å²) in [5, 5.41) is 17.3. The molecular formula is C12H10ClN5S. The van der Waals surface area contributed by atoms with E-state index in [0.29, 0.717) is 0 Å². The molecule has 0 aliphatic carbocycles.